The summed E-state index contributed by atoms with van der Waals surface area (Å²) >= 11 is 0. The van der Waals surface area contributed by atoms with Gasteiger partial charge in [0.15, 0.2) is 0 Å². The number of carbonyl (C=O) groups excluding carboxylic acids is 2. The van der Waals surface area contributed by atoms with Gasteiger partial charge in [-0.15, -0.1) is 0 Å². The highest BCUT2D eigenvalue weighted by Crippen LogP contribution is 2.30. The molecule has 2 amide bonds. The molecule has 2 aromatic carbocycles. The second-order valence-corrected chi connectivity index (χ2v) is 7.74. The molecule has 3 rings (SSSR count). The number of rotatable bonds is 8. The van der Waals surface area contributed by atoms with Crippen LogP contribution in [-0.2, 0) is 16.1 Å². The average molecular weight is 397 g/mol. The molecule has 1 atom stereocenters. The number of nitrogens with zero attached hydrogens (tertiary/aromatic N) is 1. The van der Waals surface area contributed by atoms with Crippen LogP contribution >= 0.6 is 0 Å². The summed E-state index contributed by atoms with van der Waals surface area (Å²) in [6.45, 7) is 6.22. The molecule has 1 fully saturated rings. The molecule has 0 unspecified atom stereocenters. The van der Waals surface area contributed by atoms with Gasteiger partial charge in [0.05, 0.1) is 12.6 Å². The number of nitrogens with one attached hydrogen (secondary N) is 2. The van der Waals surface area contributed by atoms with E-state index in [1.54, 1.807) is 12.1 Å². The minimum atomic E-state index is -0.374. The van der Waals surface area contributed by atoms with Crippen molar-refractivity contribution in [2.24, 2.45) is 0 Å². The standard InChI is InChI=1S/C23H28FN3O2/c1-15-5-4-6-16(2)22(15)26-21(28)13-25-23(29)17(3)27(20-11-12-20)14-18-7-9-19(24)10-8-18/h4-10,17,20H,11-14H2,1-3H3,(H,25,29)(H,26,28)/t17-/m1/s1. The second kappa shape index (κ2) is 9.18. The lowest BCUT2D eigenvalue weighted by atomic mass is 10.1. The molecule has 0 radical (unpaired) electrons. The maximum absolute atomic E-state index is 13.1. The zero-order chi connectivity index (χ0) is 21.0. The molecule has 0 bridgehead atoms. The number of carbonyl (C=O) groups is 2. The maximum Gasteiger partial charge on any atom is 0.243 e. The summed E-state index contributed by atoms with van der Waals surface area (Å²) in [4.78, 5) is 27.1. The Morgan fingerprint density at radius 1 is 1.10 bits per heavy atom. The highest BCUT2D eigenvalue weighted by Gasteiger charge is 2.35. The molecule has 29 heavy (non-hydrogen) atoms. The van der Waals surface area contributed by atoms with E-state index < -0.39 is 0 Å². The van der Waals surface area contributed by atoms with E-state index in [-0.39, 0.29) is 30.2 Å². The van der Waals surface area contributed by atoms with Crippen LogP contribution in [0.5, 0.6) is 0 Å². The van der Waals surface area contributed by atoms with Gasteiger partial charge in [-0.2, -0.15) is 0 Å². The van der Waals surface area contributed by atoms with Gasteiger partial charge < -0.3 is 10.6 Å². The van der Waals surface area contributed by atoms with Gasteiger partial charge in [0.1, 0.15) is 5.82 Å². The Kier molecular flexibility index (Phi) is 6.64. The van der Waals surface area contributed by atoms with Crippen molar-refractivity contribution in [2.75, 3.05) is 11.9 Å². The van der Waals surface area contributed by atoms with E-state index >= 15 is 0 Å². The fourth-order valence-corrected chi connectivity index (χ4v) is 3.45. The molecule has 1 aliphatic carbocycles. The van der Waals surface area contributed by atoms with Crippen LogP contribution in [0.15, 0.2) is 42.5 Å². The third-order valence-electron chi connectivity index (χ3n) is 5.34. The summed E-state index contributed by atoms with van der Waals surface area (Å²) < 4.78 is 13.1. The lowest BCUT2D eigenvalue weighted by Gasteiger charge is -2.28. The van der Waals surface area contributed by atoms with E-state index in [1.165, 1.54) is 12.1 Å². The van der Waals surface area contributed by atoms with Crippen LogP contribution in [0.3, 0.4) is 0 Å². The number of anilines is 1. The monoisotopic (exact) mass is 397 g/mol. The van der Waals surface area contributed by atoms with Gasteiger partial charge >= 0.3 is 0 Å². The molecule has 5 nitrogen and oxygen atoms in total. The van der Waals surface area contributed by atoms with Crippen LogP contribution in [0, 0.1) is 19.7 Å². The van der Waals surface area contributed by atoms with Gasteiger partial charge in [-0.1, -0.05) is 30.3 Å². The maximum atomic E-state index is 13.1. The van der Waals surface area contributed by atoms with Crippen molar-refractivity contribution in [1.29, 1.82) is 0 Å². The Bertz CT molecular complexity index is 858. The zero-order valence-electron chi connectivity index (χ0n) is 17.2. The van der Waals surface area contributed by atoms with Crippen molar-refractivity contribution in [2.45, 2.75) is 52.2 Å². The summed E-state index contributed by atoms with van der Waals surface area (Å²) in [5.41, 5.74) is 3.72. The molecule has 6 heteroatoms. The minimum Gasteiger partial charge on any atom is -0.346 e. The van der Waals surface area contributed by atoms with Gasteiger partial charge in [0.25, 0.3) is 0 Å². The number of para-hydroxylation sites is 1. The van der Waals surface area contributed by atoms with Crippen LogP contribution in [0.2, 0.25) is 0 Å². The van der Waals surface area contributed by atoms with E-state index in [0.29, 0.717) is 12.6 Å². The van der Waals surface area contributed by atoms with E-state index in [2.05, 4.69) is 15.5 Å². The lowest BCUT2D eigenvalue weighted by molar-refractivity contribution is -0.128. The first-order valence-corrected chi connectivity index (χ1v) is 9.99. The summed E-state index contributed by atoms with van der Waals surface area (Å²) in [5, 5.41) is 5.63. The second-order valence-electron chi connectivity index (χ2n) is 7.74. The summed E-state index contributed by atoms with van der Waals surface area (Å²) in [6.07, 6.45) is 2.09. The Morgan fingerprint density at radius 3 is 2.31 bits per heavy atom. The van der Waals surface area contributed by atoms with Crippen LogP contribution in [0.25, 0.3) is 0 Å². The minimum absolute atomic E-state index is 0.0774. The van der Waals surface area contributed by atoms with Gasteiger partial charge in [0, 0.05) is 18.3 Å². The SMILES string of the molecule is Cc1cccc(C)c1NC(=O)CNC(=O)[C@@H](C)N(Cc1ccc(F)cc1)C1CC1. The normalized spacial score (nSPS) is 14.5. The molecule has 0 saturated heterocycles. The highest BCUT2D eigenvalue weighted by molar-refractivity contribution is 5.96. The summed E-state index contributed by atoms with van der Waals surface area (Å²) in [5.74, 6) is -0.706. The predicted molar refractivity (Wildman–Crippen MR) is 112 cm³/mol. The largest absolute Gasteiger partial charge is 0.346 e. The molecular weight excluding hydrogens is 369 g/mol. The number of amides is 2. The van der Waals surface area contributed by atoms with Gasteiger partial charge in [-0.05, 0) is 62.4 Å². The number of benzene rings is 2. The summed E-state index contributed by atoms with van der Waals surface area (Å²) in [6, 6.07) is 12.1. The van der Waals surface area contributed by atoms with Crippen LogP contribution in [0.4, 0.5) is 10.1 Å². The zero-order valence-corrected chi connectivity index (χ0v) is 17.2. The molecular formula is C23H28FN3O2. The first-order valence-electron chi connectivity index (χ1n) is 9.99. The van der Waals surface area contributed by atoms with E-state index in [1.807, 2.05) is 39.0 Å². The molecule has 0 heterocycles. The van der Waals surface area contributed by atoms with Gasteiger partial charge in [-0.3, -0.25) is 14.5 Å². The van der Waals surface area contributed by atoms with Crippen molar-refractivity contribution in [3.63, 3.8) is 0 Å². The molecule has 2 aromatic rings. The Hall–Kier alpha value is -2.73. The lowest BCUT2D eigenvalue weighted by Crippen LogP contribution is -2.47. The number of halogens is 1. The van der Waals surface area contributed by atoms with E-state index in [0.717, 1.165) is 35.2 Å². The molecule has 2 N–H and O–H groups in total. The van der Waals surface area contributed by atoms with Crippen molar-refractivity contribution in [1.82, 2.24) is 10.2 Å². The van der Waals surface area contributed by atoms with Gasteiger partial charge in [0.2, 0.25) is 11.8 Å². The third-order valence-corrected chi connectivity index (χ3v) is 5.34. The molecule has 1 aliphatic rings. The Labute approximate surface area is 171 Å². The molecule has 0 aliphatic heterocycles. The quantitative estimate of drug-likeness (QED) is 0.716. The average Bonchev–Trinajstić information content (AvgIpc) is 3.53. The van der Waals surface area contributed by atoms with Crippen molar-refractivity contribution < 1.29 is 14.0 Å². The third kappa shape index (κ3) is 5.64. The van der Waals surface area contributed by atoms with Crippen molar-refractivity contribution in [3.05, 3.63) is 65.0 Å². The van der Waals surface area contributed by atoms with Crippen LogP contribution < -0.4 is 10.6 Å². The fraction of sp³-hybridized carbons (Fsp3) is 0.391. The van der Waals surface area contributed by atoms with Crippen LogP contribution in [0.1, 0.15) is 36.5 Å². The molecule has 0 spiro atoms. The van der Waals surface area contributed by atoms with E-state index in [9.17, 15) is 14.0 Å². The van der Waals surface area contributed by atoms with Crippen LogP contribution in [-0.4, -0.2) is 35.3 Å². The molecule has 1 saturated carbocycles. The Balaban J connectivity index is 1.55. The first-order chi connectivity index (χ1) is 13.8. The van der Waals surface area contributed by atoms with Gasteiger partial charge in [-0.25, -0.2) is 4.39 Å². The molecule has 0 aromatic heterocycles. The number of aryl methyl sites for hydroxylation is 2. The Morgan fingerprint density at radius 2 is 1.72 bits per heavy atom. The molecule has 154 valence electrons. The summed E-state index contributed by atoms with van der Waals surface area (Å²) in [7, 11) is 0. The topological polar surface area (TPSA) is 61.4 Å². The first kappa shape index (κ1) is 21.0. The van der Waals surface area contributed by atoms with Crippen molar-refractivity contribution in [3.8, 4) is 0 Å². The number of hydrogen-bond donors (Lipinski definition) is 2. The predicted octanol–water partition coefficient (Wildman–Crippen LogP) is 3.55. The van der Waals surface area contributed by atoms with Crippen molar-refractivity contribution >= 4 is 17.5 Å². The smallest absolute Gasteiger partial charge is 0.243 e. The fourth-order valence-electron chi connectivity index (χ4n) is 3.45. The number of hydrogen-bond acceptors (Lipinski definition) is 3. The highest BCUT2D eigenvalue weighted by atomic mass is 19.1. The van der Waals surface area contributed by atoms with E-state index in [4.69, 9.17) is 0 Å².